The van der Waals surface area contributed by atoms with Crippen molar-refractivity contribution in [1.82, 2.24) is 15.2 Å². The quantitative estimate of drug-likeness (QED) is 0.855. The summed E-state index contributed by atoms with van der Waals surface area (Å²) in [6, 6.07) is 0. The van der Waals surface area contributed by atoms with Gasteiger partial charge < -0.3 is 15.0 Å². The van der Waals surface area contributed by atoms with E-state index >= 15 is 0 Å². The predicted molar refractivity (Wildman–Crippen MR) is 79.7 cm³/mol. The average molecular weight is 265 g/mol. The van der Waals surface area contributed by atoms with Crippen LogP contribution in [0.15, 0.2) is 6.20 Å². The van der Waals surface area contributed by atoms with Gasteiger partial charge in [0.25, 0.3) is 0 Å². The standard InChI is InChI=1S/C15H27N3O/c1-11-8-17-13(12(2)14(11)19-7)9-16-10-15(3,4)18(5)6/h8,16H,9-10H2,1-7H3. The number of rotatable bonds is 6. The molecule has 0 unspecified atom stereocenters. The lowest BCUT2D eigenvalue weighted by atomic mass is 10.0. The highest BCUT2D eigenvalue weighted by Crippen LogP contribution is 2.23. The van der Waals surface area contributed by atoms with Gasteiger partial charge in [-0.05, 0) is 41.8 Å². The Kier molecular flexibility index (Phi) is 5.32. The number of nitrogens with one attached hydrogen (secondary N) is 1. The van der Waals surface area contributed by atoms with Gasteiger partial charge in [0.2, 0.25) is 0 Å². The van der Waals surface area contributed by atoms with Crippen LogP contribution in [0.2, 0.25) is 0 Å². The van der Waals surface area contributed by atoms with Crippen molar-refractivity contribution in [3.63, 3.8) is 0 Å². The topological polar surface area (TPSA) is 37.4 Å². The van der Waals surface area contributed by atoms with E-state index in [0.29, 0.717) is 0 Å². The molecule has 0 aliphatic heterocycles. The third-order valence-corrected chi connectivity index (χ3v) is 3.81. The maximum absolute atomic E-state index is 5.43. The molecule has 0 fully saturated rings. The first-order valence-electron chi connectivity index (χ1n) is 6.67. The van der Waals surface area contributed by atoms with Crippen LogP contribution in [-0.4, -0.2) is 43.2 Å². The molecule has 1 N–H and O–H groups in total. The van der Waals surface area contributed by atoms with Gasteiger partial charge in [-0.25, -0.2) is 0 Å². The number of likely N-dealkylation sites (N-methyl/N-ethyl adjacent to an activating group) is 1. The number of pyridine rings is 1. The van der Waals surface area contributed by atoms with Gasteiger partial charge >= 0.3 is 0 Å². The van der Waals surface area contributed by atoms with Crippen molar-refractivity contribution in [3.05, 3.63) is 23.0 Å². The Hall–Kier alpha value is -1.13. The second kappa shape index (κ2) is 6.35. The zero-order valence-electron chi connectivity index (χ0n) is 13.3. The largest absolute Gasteiger partial charge is 0.496 e. The first-order valence-corrected chi connectivity index (χ1v) is 6.67. The van der Waals surface area contributed by atoms with Crippen LogP contribution in [0.4, 0.5) is 0 Å². The highest BCUT2D eigenvalue weighted by atomic mass is 16.5. The van der Waals surface area contributed by atoms with Crippen molar-refractivity contribution in [3.8, 4) is 5.75 Å². The number of ether oxygens (including phenoxy) is 1. The maximum Gasteiger partial charge on any atom is 0.128 e. The lowest BCUT2D eigenvalue weighted by Gasteiger charge is -2.32. The highest BCUT2D eigenvalue weighted by Gasteiger charge is 2.19. The Morgan fingerprint density at radius 3 is 2.47 bits per heavy atom. The smallest absolute Gasteiger partial charge is 0.128 e. The summed E-state index contributed by atoms with van der Waals surface area (Å²) < 4.78 is 5.43. The summed E-state index contributed by atoms with van der Waals surface area (Å²) in [4.78, 5) is 6.71. The Balaban J connectivity index is 2.69. The number of hydrogen-bond donors (Lipinski definition) is 1. The summed E-state index contributed by atoms with van der Waals surface area (Å²) in [7, 11) is 5.90. The molecule has 19 heavy (non-hydrogen) atoms. The van der Waals surface area contributed by atoms with Crippen molar-refractivity contribution in [1.29, 1.82) is 0 Å². The van der Waals surface area contributed by atoms with Crippen LogP contribution >= 0.6 is 0 Å². The second-order valence-corrected chi connectivity index (χ2v) is 5.86. The van der Waals surface area contributed by atoms with Gasteiger partial charge in [0.05, 0.1) is 12.8 Å². The third-order valence-electron chi connectivity index (χ3n) is 3.81. The monoisotopic (exact) mass is 265 g/mol. The van der Waals surface area contributed by atoms with E-state index in [0.717, 1.165) is 35.7 Å². The van der Waals surface area contributed by atoms with E-state index in [4.69, 9.17) is 4.74 Å². The summed E-state index contributed by atoms with van der Waals surface area (Å²) in [5, 5.41) is 3.48. The molecular formula is C15H27N3O. The molecule has 0 bridgehead atoms. The van der Waals surface area contributed by atoms with Gasteiger partial charge in [-0.3, -0.25) is 4.98 Å². The Bertz CT molecular complexity index is 428. The Morgan fingerprint density at radius 2 is 1.95 bits per heavy atom. The number of hydrogen-bond acceptors (Lipinski definition) is 4. The predicted octanol–water partition coefficient (Wildman–Crippen LogP) is 2.14. The van der Waals surface area contributed by atoms with Crippen LogP contribution in [0.1, 0.15) is 30.7 Å². The van der Waals surface area contributed by atoms with E-state index in [-0.39, 0.29) is 5.54 Å². The SMILES string of the molecule is COc1c(C)cnc(CNCC(C)(C)N(C)C)c1C. The lowest BCUT2D eigenvalue weighted by molar-refractivity contribution is 0.189. The average Bonchev–Trinajstić information content (AvgIpc) is 2.32. The first-order chi connectivity index (χ1) is 8.79. The Morgan fingerprint density at radius 1 is 1.32 bits per heavy atom. The van der Waals surface area contributed by atoms with Gasteiger partial charge in [0.15, 0.2) is 0 Å². The molecule has 0 aromatic carbocycles. The van der Waals surface area contributed by atoms with E-state index < -0.39 is 0 Å². The summed E-state index contributed by atoms with van der Waals surface area (Å²) in [6.45, 7) is 10.2. The fourth-order valence-corrected chi connectivity index (χ4v) is 1.89. The van der Waals surface area contributed by atoms with Gasteiger partial charge in [-0.15, -0.1) is 0 Å². The molecule has 1 aromatic rings. The molecule has 4 nitrogen and oxygen atoms in total. The molecule has 1 rings (SSSR count). The summed E-state index contributed by atoms with van der Waals surface area (Å²) >= 11 is 0. The van der Waals surface area contributed by atoms with Crippen LogP contribution in [-0.2, 0) is 6.54 Å². The molecule has 4 heteroatoms. The van der Waals surface area contributed by atoms with Crippen molar-refractivity contribution in [2.45, 2.75) is 39.8 Å². The fourth-order valence-electron chi connectivity index (χ4n) is 1.89. The highest BCUT2D eigenvalue weighted by molar-refractivity contribution is 5.40. The second-order valence-electron chi connectivity index (χ2n) is 5.86. The van der Waals surface area contributed by atoms with Crippen LogP contribution < -0.4 is 10.1 Å². The summed E-state index contributed by atoms with van der Waals surface area (Å²) in [5.41, 5.74) is 3.38. The van der Waals surface area contributed by atoms with E-state index in [1.807, 2.05) is 13.1 Å². The first kappa shape index (κ1) is 15.9. The molecule has 0 amide bonds. The lowest BCUT2D eigenvalue weighted by Crippen LogP contribution is -2.46. The zero-order chi connectivity index (χ0) is 14.6. The molecule has 0 atom stereocenters. The van der Waals surface area contributed by atoms with E-state index in [1.54, 1.807) is 7.11 Å². The number of methoxy groups -OCH3 is 1. The van der Waals surface area contributed by atoms with Gasteiger partial charge in [0.1, 0.15) is 5.75 Å². The van der Waals surface area contributed by atoms with Crippen LogP contribution in [0.25, 0.3) is 0 Å². The number of aryl methyl sites for hydroxylation is 1. The molecule has 1 heterocycles. The molecule has 0 aliphatic carbocycles. The van der Waals surface area contributed by atoms with Gasteiger partial charge in [0, 0.05) is 36.0 Å². The minimum atomic E-state index is 0.128. The molecule has 0 saturated heterocycles. The molecule has 0 spiro atoms. The molecule has 0 aliphatic rings. The number of aromatic nitrogens is 1. The third kappa shape index (κ3) is 3.91. The van der Waals surface area contributed by atoms with Crippen molar-refractivity contribution in [2.75, 3.05) is 27.7 Å². The minimum Gasteiger partial charge on any atom is -0.496 e. The molecule has 108 valence electrons. The van der Waals surface area contributed by atoms with Crippen molar-refractivity contribution in [2.24, 2.45) is 0 Å². The molecule has 0 saturated carbocycles. The van der Waals surface area contributed by atoms with Gasteiger partial charge in [-0.1, -0.05) is 0 Å². The molecule has 0 radical (unpaired) electrons. The zero-order valence-corrected chi connectivity index (χ0v) is 13.3. The van der Waals surface area contributed by atoms with E-state index in [9.17, 15) is 0 Å². The summed E-state index contributed by atoms with van der Waals surface area (Å²) in [6.07, 6.45) is 1.87. The normalized spacial score (nSPS) is 12.0. The summed E-state index contributed by atoms with van der Waals surface area (Å²) in [5.74, 6) is 0.943. The van der Waals surface area contributed by atoms with Crippen molar-refractivity contribution >= 4 is 0 Å². The maximum atomic E-state index is 5.43. The minimum absolute atomic E-state index is 0.128. The Labute approximate surface area is 117 Å². The molecule has 1 aromatic heterocycles. The van der Waals surface area contributed by atoms with E-state index in [1.165, 1.54) is 0 Å². The van der Waals surface area contributed by atoms with E-state index in [2.05, 4.69) is 50.1 Å². The van der Waals surface area contributed by atoms with Crippen LogP contribution in [0.3, 0.4) is 0 Å². The van der Waals surface area contributed by atoms with Gasteiger partial charge in [-0.2, -0.15) is 0 Å². The van der Waals surface area contributed by atoms with Crippen molar-refractivity contribution < 1.29 is 4.74 Å². The number of nitrogens with zero attached hydrogens (tertiary/aromatic N) is 2. The van der Waals surface area contributed by atoms with Crippen LogP contribution in [0.5, 0.6) is 5.75 Å². The fraction of sp³-hybridized carbons (Fsp3) is 0.667. The van der Waals surface area contributed by atoms with Crippen LogP contribution in [0, 0.1) is 13.8 Å². The molecular weight excluding hydrogens is 238 g/mol.